The number of benzene rings is 1. The van der Waals surface area contributed by atoms with Crippen LogP contribution in [0.3, 0.4) is 0 Å². The molecule has 0 aliphatic rings. The van der Waals surface area contributed by atoms with Crippen molar-refractivity contribution in [1.82, 2.24) is 0 Å². The van der Waals surface area contributed by atoms with Gasteiger partial charge in [0.15, 0.2) is 0 Å². The molecule has 7 heteroatoms. The number of aromatic carboxylic acids is 2. The van der Waals surface area contributed by atoms with E-state index < -0.39 is 29.8 Å². The van der Waals surface area contributed by atoms with Crippen molar-refractivity contribution < 1.29 is 34.4 Å². The molecule has 0 fully saturated rings. The quantitative estimate of drug-likeness (QED) is 0.532. The number of rotatable bonds is 6. The number of aliphatic hydroxyl groups is 1. The molecule has 0 aliphatic heterocycles. The van der Waals surface area contributed by atoms with Gasteiger partial charge in [0.25, 0.3) is 0 Å². The van der Waals surface area contributed by atoms with Crippen LogP contribution in [-0.4, -0.2) is 39.5 Å². The molecule has 0 aromatic heterocycles. The van der Waals surface area contributed by atoms with Crippen molar-refractivity contribution in [2.45, 2.75) is 26.1 Å². The minimum atomic E-state index is -1.39. The van der Waals surface area contributed by atoms with E-state index in [9.17, 15) is 19.5 Å². The maximum atomic E-state index is 11.8. The van der Waals surface area contributed by atoms with Crippen molar-refractivity contribution in [1.29, 1.82) is 0 Å². The van der Waals surface area contributed by atoms with Crippen LogP contribution in [0.25, 0.3) is 0 Å². The molecular weight excluding hydrogens is 268 g/mol. The lowest BCUT2D eigenvalue weighted by Gasteiger charge is -2.12. The van der Waals surface area contributed by atoms with Crippen LogP contribution in [-0.2, 0) is 4.74 Å². The highest BCUT2D eigenvalue weighted by molar-refractivity contribution is 6.04. The van der Waals surface area contributed by atoms with E-state index in [1.807, 2.05) is 0 Å². The first-order chi connectivity index (χ1) is 9.36. The standard InChI is InChI=1S/C13H14O7/c1-2-3-10(14)20-13(19)9-6-7(11(15)16)4-5-8(9)12(17)18/h4-6,10,14H,2-3H2,1H3,(H,15,16)(H,17,18). The highest BCUT2D eigenvalue weighted by Crippen LogP contribution is 2.15. The number of carboxylic acid groups (broad SMARTS) is 2. The Bertz CT molecular complexity index is 536. The second-order valence-electron chi connectivity index (χ2n) is 4.02. The Hall–Kier alpha value is -2.41. The Morgan fingerprint density at radius 2 is 1.80 bits per heavy atom. The molecule has 0 radical (unpaired) electrons. The van der Waals surface area contributed by atoms with Crippen LogP contribution in [0.15, 0.2) is 18.2 Å². The zero-order valence-corrected chi connectivity index (χ0v) is 10.7. The summed E-state index contributed by atoms with van der Waals surface area (Å²) in [5.74, 6) is -3.77. The van der Waals surface area contributed by atoms with Crippen molar-refractivity contribution in [2.24, 2.45) is 0 Å². The highest BCUT2D eigenvalue weighted by atomic mass is 16.6. The number of hydrogen-bond donors (Lipinski definition) is 3. The minimum Gasteiger partial charge on any atom is -0.478 e. The molecule has 7 nitrogen and oxygen atoms in total. The van der Waals surface area contributed by atoms with E-state index in [-0.39, 0.29) is 17.5 Å². The highest BCUT2D eigenvalue weighted by Gasteiger charge is 2.22. The third-order valence-corrected chi connectivity index (χ3v) is 2.50. The fourth-order valence-corrected chi connectivity index (χ4v) is 1.53. The molecule has 0 heterocycles. The first kappa shape index (κ1) is 15.6. The summed E-state index contributed by atoms with van der Waals surface area (Å²) in [6, 6.07) is 2.99. The normalized spacial score (nSPS) is 11.7. The van der Waals surface area contributed by atoms with Gasteiger partial charge in [0.2, 0.25) is 6.29 Å². The number of hydrogen-bond acceptors (Lipinski definition) is 5. The number of carboxylic acids is 2. The monoisotopic (exact) mass is 282 g/mol. The summed E-state index contributed by atoms with van der Waals surface area (Å²) >= 11 is 0. The van der Waals surface area contributed by atoms with Crippen molar-refractivity contribution in [3.8, 4) is 0 Å². The van der Waals surface area contributed by atoms with Crippen LogP contribution in [0.4, 0.5) is 0 Å². The summed E-state index contributed by atoms with van der Waals surface area (Å²) in [5, 5.41) is 27.2. The van der Waals surface area contributed by atoms with Crippen LogP contribution in [0.1, 0.15) is 50.8 Å². The van der Waals surface area contributed by atoms with Gasteiger partial charge in [-0.15, -0.1) is 0 Å². The molecular formula is C13H14O7. The smallest absolute Gasteiger partial charge is 0.341 e. The average molecular weight is 282 g/mol. The van der Waals surface area contributed by atoms with Gasteiger partial charge >= 0.3 is 17.9 Å². The van der Waals surface area contributed by atoms with Gasteiger partial charge in [-0.1, -0.05) is 13.3 Å². The zero-order chi connectivity index (χ0) is 15.3. The summed E-state index contributed by atoms with van der Waals surface area (Å²) in [7, 11) is 0. The van der Waals surface area contributed by atoms with E-state index in [1.54, 1.807) is 6.92 Å². The van der Waals surface area contributed by atoms with E-state index in [4.69, 9.17) is 10.2 Å². The molecule has 1 rings (SSSR count). The van der Waals surface area contributed by atoms with E-state index >= 15 is 0 Å². The Kier molecular flexibility index (Phi) is 5.22. The number of carbonyl (C=O) groups excluding carboxylic acids is 1. The van der Waals surface area contributed by atoms with E-state index in [0.717, 1.165) is 18.2 Å². The Labute approximate surface area is 114 Å². The van der Waals surface area contributed by atoms with Crippen LogP contribution in [0.5, 0.6) is 0 Å². The number of carbonyl (C=O) groups is 3. The molecule has 0 spiro atoms. The molecule has 0 aliphatic carbocycles. The summed E-state index contributed by atoms with van der Waals surface area (Å²) in [4.78, 5) is 33.6. The first-order valence-electron chi connectivity index (χ1n) is 5.86. The molecule has 1 aromatic rings. The van der Waals surface area contributed by atoms with E-state index in [0.29, 0.717) is 6.42 Å². The van der Waals surface area contributed by atoms with Crippen LogP contribution in [0.2, 0.25) is 0 Å². The van der Waals surface area contributed by atoms with Crippen molar-refractivity contribution in [2.75, 3.05) is 0 Å². The molecule has 0 bridgehead atoms. The minimum absolute atomic E-state index is 0.201. The largest absolute Gasteiger partial charge is 0.478 e. The fraction of sp³-hybridized carbons (Fsp3) is 0.308. The Balaban J connectivity index is 3.12. The lowest BCUT2D eigenvalue weighted by molar-refractivity contribution is -0.0686. The lowest BCUT2D eigenvalue weighted by Crippen LogP contribution is -2.20. The van der Waals surface area contributed by atoms with Gasteiger partial charge in [-0.25, -0.2) is 14.4 Å². The molecule has 0 saturated heterocycles. The van der Waals surface area contributed by atoms with Gasteiger partial charge in [-0.05, 0) is 18.2 Å². The van der Waals surface area contributed by atoms with E-state index in [1.165, 1.54) is 0 Å². The van der Waals surface area contributed by atoms with Crippen molar-refractivity contribution in [3.05, 3.63) is 34.9 Å². The van der Waals surface area contributed by atoms with E-state index in [2.05, 4.69) is 4.74 Å². The van der Waals surface area contributed by atoms with Gasteiger partial charge in [-0.2, -0.15) is 0 Å². The molecule has 0 saturated carbocycles. The molecule has 1 atom stereocenters. The van der Waals surface area contributed by atoms with Crippen LogP contribution < -0.4 is 0 Å². The van der Waals surface area contributed by atoms with Crippen LogP contribution in [0, 0.1) is 0 Å². The van der Waals surface area contributed by atoms with Gasteiger partial charge in [0.1, 0.15) is 0 Å². The fourth-order valence-electron chi connectivity index (χ4n) is 1.53. The molecule has 1 unspecified atom stereocenters. The van der Waals surface area contributed by atoms with Gasteiger partial charge in [0, 0.05) is 6.42 Å². The molecule has 3 N–H and O–H groups in total. The average Bonchev–Trinajstić information content (AvgIpc) is 2.37. The lowest BCUT2D eigenvalue weighted by atomic mass is 10.0. The number of aliphatic hydroxyl groups excluding tert-OH is 1. The van der Waals surface area contributed by atoms with Crippen molar-refractivity contribution in [3.63, 3.8) is 0 Å². The number of ether oxygens (including phenoxy) is 1. The van der Waals surface area contributed by atoms with Gasteiger partial charge < -0.3 is 20.1 Å². The predicted molar refractivity (Wildman–Crippen MR) is 66.7 cm³/mol. The maximum Gasteiger partial charge on any atom is 0.341 e. The topological polar surface area (TPSA) is 121 Å². The summed E-state index contributed by atoms with van der Waals surface area (Å²) < 4.78 is 4.66. The van der Waals surface area contributed by atoms with Crippen molar-refractivity contribution >= 4 is 17.9 Å². The third-order valence-electron chi connectivity index (χ3n) is 2.50. The third kappa shape index (κ3) is 3.79. The summed E-state index contributed by atoms with van der Waals surface area (Å²) in [6.45, 7) is 1.77. The zero-order valence-electron chi connectivity index (χ0n) is 10.7. The number of esters is 1. The molecule has 20 heavy (non-hydrogen) atoms. The predicted octanol–water partition coefficient (Wildman–Crippen LogP) is 1.36. The Morgan fingerprint density at radius 1 is 1.15 bits per heavy atom. The van der Waals surface area contributed by atoms with Gasteiger partial charge in [0.05, 0.1) is 16.7 Å². The molecule has 108 valence electrons. The molecule has 1 aromatic carbocycles. The van der Waals surface area contributed by atoms with Gasteiger partial charge in [-0.3, -0.25) is 0 Å². The molecule has 0 amide bonds. The van der Waals surface area contributed by atoms with Crippen LogP contribution >= 0.6 is 0 Å². The summed E-state index contributed by atoms with van der Waals surface area (Å²) in [5.41, 5.74) is -1.04. The second kappa shape index (κ2) is 6.67. The second-order valence-corrected chi connectivity index (χ2v) is 4.02. The first-order valence-corrected chi connectivity index (χ1v) is 5.86. The maximum absolute atomic E-state index is 11.8. The SMILES string of the molecule is CCCC(O)OC(=O)c1cc(C(=O)O)ccc1C(=O)O. The Morgan fingerprint density at radius 3 is 2.30 bits per heavy atom. The summed E-state index contributed by atoms with van der Waals surface area (Å²) in [6.07, 6.45) is -0.593.